The van der Waals surface area contributed by atoms with E-state index in [1.165, 1.54) is 6.07 Å². The number of halogens is 3. The maximum Gasteiger partial charge on any atom is 0.166 e. The molecule has 1 aromatic heterocycles. The van der Waals surface area contributed by atoms with Gasteiger partial charge in [0.1, 0.15) is 0 Å². The smallest absolute Gasteiger partial charge is 0.166 e. The van der Waals surface area contributed by atoms with E-state index in [1.54, 1.807) is 6.20 Å². The van der Waals surface area contributed by atoms with Gasteiger partial charge in [-0.3, -0.25) is 0 Å². The molecule has 0 unspecified atom stereocenters. The molecule has 2 nitrogen and oxygen atoms in total. The van der Waals surface area contributed by atoms with Crippen LogP contribution in [-0.4, -0.2) is 11.5 Å². The maximum absolute atomic E-state index is 13.5. The quantitative estimate of drug-likeness (QED) is 0.905. The fraction of sp³-hybridized carbons (Fsp3) is 0.154. The number of hydrogen-bond acceptors (Lipinski definition) is 2. The van der Waals surface area contributed by atoms with Crippen molar-refractivity contribution in [3.05, 3.63) is 57.4 Å². The van der Waals surface area contributed by atoms with Crippen LogP contribution in [0.5, 0.6) is 0 Å². The van der Waals surface area contributed by atoms with Crippen molar-refractivity contribution < 1.29 is 4.39 Å². The van der Waals surface area contributed by atoms with Gasteiger partial charge >= 0.3 is 0 Å². The van der Waals surface area contributed by atoms with Crippen LogP contribution in [0.1, 0.15) is 5.56 Å². The molecule has 0 fully saturated rings. The van der Waals surface area contributed by atoms with Crippen molar-refractivity contribution in [3.63, 3.8) is 0 Å². The zero-order valence-electron chi connectivity index (χ0n) is 9.46. The molecular weight excluding hydrogens is 319 g/mol. The van der Waals surface area contributed by atoms with Crippen LogP contribution in [-0.2, 0) is 6.42 Å². The molecule has 1 N–H and O–H groups in total. The molecule has 0 aliphatic heterocycles. The van der Waals surface area contributed by atoms with Crippen molar-refractivity contribution in [2.24, 2.45) is 0 Å². The monoisotopic (exact) mass is 328 g/mol. The Kier molecular flexibility index (Phi) is 4.55. The Bertz CT molecular complexity index is 531. The molecule has 0 bridgehead atoms. The third kappa shape index (κ3) is 3.68. The van der Waals surface area contributed by atoms with Crippen molar-refractivity contribution in [2.75, 3.05) is 11.9 Å². The summed E-state index contributed by atoms with van der Waals surface area (Å²) in [5.41, 5.74) is 1.14. The average Bonchev–Trinajstić information content (AvgIpc) is 2.34. The Morgan fingerprint density at radius 3 is 2.67 bits per heavy atom. The lowest BCUT2D eigenvalue weighted by Crippen LogP contribution is -2.07. The highest BCUT2D eigenvalue weighted by Crippen LogP contribution is 2.16. The van der Waals surface area contributed by atoms with Crippen LogP contribution in [0.3, 0.4) is 0 Å². The highest BCUT2D eigenvalue weighted by molar-refractivity contribution is 9.10. The number of benzene rings is 1. The molecule has 1 heterocycles. The minimum absolute atomic E-state index is 0.271. The molecule has 0 aliphatic carbocycles. The van der Waals surface area contributed by atoms with E-state index in [-0.39, 0.29) is 11.6 Å². The van der Waals surface area contributed by atoms with Crippen molar-refractivity contribution in [1.82, 2.24) is 4.98 Å². The van der Waals surface area contributed by atoms with Gasteiger partial charge in [-0.1, -0.05) is 23.7 Å². The molecule has 1 aromatic carbocycles. The third-order valence-electron chi connectivity index (χ3n) is 2.43. The van der Waals surface area contributed by atoms with Crippen LogP contribution in [0.4, 0.5) is 10.2 Å². The van der Waals surface area contributed by atoms with Gasteiger partial charge in [-0.2, -0.15) is 0 Å². The lowest BCUT2D eigenvalue weighted by molar-refractivity contribution is 0.623. The molecule has 18 heavy (non-hydrogen) atoms. The molecule has 94 valence electrons. The van der Waals surface area contributed by atoms with E-state index >= 15 is 0 Å². The summed E-state index contributed by atoms with van der Waals surface area (Å²) < 4.78 is 14.1. The number of rotatable bonds is 4. The standard InChI is InChI=1S/C13H11BrClFN2/c14-10-7-12(16)13(18-8-10)17-6-5-9-1-3-11(15)4-2-9/h1-4,7-8H,5-6H2,(H,17,18). The minimum atomic E-state index is -0.361. The molecule has 2 aromatic rings. The highest BCUT2D eigenvalue weighted by atomic mass is 79.9. The van der Waals surface area contributed by atoms with Gasteiger partial charge in [0.2, 0.25) is 0 Å². The lowest BCUT2D eigenvalue weighted by atomic mass is 10.1. The molecule has 5 heteroatoms. The zero-order valence-corrected chi connectivity index (χ0v) is 11.8. The van der Waals surface area contributed by atoms with Crippen LogP contribution in [0.15, 0.2) is 41.0 Å². The number of nitrogens with zero attached hydrogens (tertiary/aromatic N) is 1. The maximum atomic E-state index is 13.5. The summed E-state index contributed by atoms with van der Waals surface area (Å²) in [6, 6.07) is 8.98. The second-order valence-corrected chi connectivity index (χ2v) is 5.14. The summed E-state index contributed by atoms with van der Waals surface area (Å²) in [4.78, 5) is 3.97. The van der Waals surface area contributed by atoms with Gasteiger partial charge in [-0.05, 0) is 46.1 Å². The minimum Gasteiger partial charge on any atom is -0.367 e. The van der Waals surface area contributed by atoms with Gasteiger partial charge in [0, 0.05) is 22.2 Å². The topological polar surface area (TPSA) is 24.9 Å². The summed E-state index contributed by atoms with van der Waals surface area (Å²) in [6.07, 6.45) is 2.35. The van der Waals surface area contributed by atoms with E-state index < -0.39 is 0 Å². The number of aromatic nitrogens is 1. The number of pyridine rings is 1. The van der Waals surface area contributed by atoms with Crippen molar-refractivity contribution in [1.29, 1.82) is 0 Å². The Morgan fingerprint density at radius 2 is 2.00 bits per heavy atom. The normalized spacial score (nSPS) is 10.4. The number of anilines is 1. The second kappa shape index (κ2) is 6.16. The summed E-state index contributed by atoms with van der Waals surface area (Å²) in [5, 5.41) is 3.68. The third-order valence-corrected chi connectivity index (χ3v) is 3.11. The van der Waals surface area contributed by atoms with E-state index in [9.17, 15) is 4.39 Å². The molecule has 2 rings (SSSR count). The molecular formula is C13H11BrClFN2. The predicted octanol–water partition coefficient (Wildman–Crippen LogP) is 4.29. The van der Waals surface area contributed by atoms with E-state index in [0.717, 1.165) is 12.0 Å². The van der Waals surface area contributed by atoms with Crippen molar-refractivity contribution in [2.45, 2.75) is 6.42 Å². The van der Waals surface area contributed by atoms with Crippen LogP contribution < -0.4 is 5.32 Å². The number of hydrogen-bond donors (Lipinski definition) is 1. The SMILES string of the molecule is Fc1cc(Br)cnc1NCCc1ccc(Cl)cc1. The van der Waals surface area contributed by atoms with Crippen molar-refractivity contribution in [3.8, 4) is 0 Å². The highest BCUT2D eigenvalue weighted by Gasteiger charge is 2.03. The van der Waals surface area contributed by atoms with E-state index in [4.69, 9.17) is 11.6 Å². The van der Waals surface area contributed by atoms with Gasteiger partial charge < -0.3 is 5.32 Å². The van der Waals surface area contributed by atoms with Crippen LogP contribution >= 0.6 is 27.5 Å². The largest absolute Gasteiger partial charge is 0.367 e. The Morgan fingerprint density at radius 1 is 1.28 bits per heavy atom. The molecule has 0 radical (unpaired) electrons. The van der Waals surface area contributed by atoms with E-state index in [1.807, 2.05) is 24.3 Å². The fourth-order valence-corrected chi connectivity index (χ4v) is 1.95. The van der Waals surface area contributed by atoms with Crippen LogP contribution in [0.2, 0.25) is 5.02 Å². The first-order chi connectivity index (χ1) is 8.65. The van der Waals surface area contributed by atoms with Gasteiger partial charge in [-0.25, -0.2) is 9.37 Å². The first-order valence-electron chi connectivity index (χ1n) is 5.44. The number of nitrogens with one attached hydrogen (secondary N) is 1. The summed E-state index contributed by atoms with van der Waals surface area (Å²) in [6.45, 7) is 0.618. The first kappa shape index (κ1) is 13.3. The second-order valence-electron chi connectivity index (χ2n) is 3.79. The van der Waals surface area contributed by atoms with E-state index in [2.05, 4.69) is 26.2 Å². The molecule has 0 saturated heterocycles. The Balaban J connectivity index is 1.90. The van der Waals surface area contributed by atoms with Gasteiger partial charge in [0.05, 0.1) is 0 Å². The fourth-order valence-electron chi connectivity index (χ4n) is 1.52. The molecule has 0 saturated carbocycles. The summed E-state index contributed by atoms with van der Waals surface area (Å²) >= 11 is 8.96. The Labute approximate surface area is 118 Å². The molecule has 0 amide bonds. The summed E-state index contributed by atoms with van der Waals surface area (Å²) in [5.74, 6) is -0.0901. The average molecular weight is 330 g/mol. The molecule has 0 atom stereocenters. The van der Waals surface area contributed by atoms with Gasteiger partial charge in [0.25, 0.3) is 0 Å². The van der Waals surface area contributed by atoms with Gasteiger partial charge in [-0.15, -0.1) is 0 Å². The molecule has 0 spiro atoms. The first-order valence-corrected chi connectivity index (χ1v) is 6.61. The summed E-state index contributed by atoms with van der Waals surface area (Å²) in [7, 11) is 0. The van der Waals surface area contributed by atoms with E-state index in [0.29, 0.717) is 16.0 Å². The Hall–Kier alpha value is -1.13. The van der Waals surface area contributed by atoms with Crippen LogP contribution in [0.25, 0.3) is 0 Å². The van der Waals surface area contributed by atoms with Gasteiger partial charge in [0.15, 0.2) is 11.6 Å². The predicted molar refractivity (Wildman–Crippen MR) is 75.5 cm³/mol. The lowest BCUT2D eigenvalue weighted by Gasteiger charge is -2.06. The van der Waals surface area contributed by atoms with Crippen molar-refractivity contribution >= 4 is 33.3 Å². The van der Waals surface area contributed by atoms with Crippen LogP contribution in [0, 0.1) is 5.82 Å². The molecule has 0 aliphatic rings. The zero-order chi connectivity index (χ0) is 13.0.